The third-order valence-electron chi connectivity index (χ3n) is 1.83. The fourth-order valence-corrected chi connectivity index (χ4v) is 2.18. The number of rotatable bonds is 0. The van der Waals surface area contributed by atoms with Gasteiger partial charge in [-0.3, -0.25) is 0 Å². The van der Waals surface area contributed by atoms with Crippen molar-refractivity contribution in [3.63, 3.8) is 0 Å². The van der Waals surface area contributed by atoms with Crippen molar-refractivity contribution >= 4 is 40.7 Å². The Hall–Kier alpha value is -0.0300. The van der Waals surface area contributed by atoms with Crippen molar-refractivity contribution in [3.8, 4) is 0 Å². The van der Waals surface area contributed by atoms with Gasteiger partial charge in [-0.25, -0.2) is 4.39 Å². The molecule has 1 nitrogen and oxygen atoms in total. The van der Waals surface area contributed by atoms with E-state index in [1.807, 2.05) is 0 Å². The minimum absolute atomic E-state index is 0. The molecule has 0 aliphatic carbocycles. The normalized spacial score (nSPS) is 13.2. The summed E-state index contributed by atoms with van der Waals surface area (Å²) in [5, 5.41) is 3.22. The highest BCUT2D eigenvalue weighted by atomic mass is 127. The smallest absolute Gasteiger partial charge is 0.124 e. The van der Waals surface area contributed by atoms with E-state index in [0.717, 1.165) is 27.8 Å². The number of anilines is 1. The zero-order valence-electron chi connectivity index (χ0n) is 6.23. The van der Waals surface area contributed by atoms with Gasteiger partial charge in [0, 0.05) is 10.1 Å². The number of hydrogen-bond acceptors (Lipinski definition) is 1. The van der Waals surface area contributed by atoms with Crippen LogP contribution in [0.3, 0.4) is 0 Å². The van der Waals surface area contributed by atoms with E-state index in [9.17, 15) is 4.39 Å². The van der Waals surface area contributed by atoms with Crippen LogP contribution in [0, 0.1) is 9.39 Å². The molecule has 1 N–H and O–H groups in total. The predicted molar refractivity (Wildman–Crippen MR) is 58.6 cm³/mol. The Kier molecular flexibility index (Phi) is 3.17. The maximum Gasteiger partial charge on any atom is 0.124 e. The Morgan fingerprint density at radius 1 is 1.42 bits per heavy atom. The van der Waals surface area contributed by atoms with E-state index in [0.29, 0.717) is 0 Å². The van der Waals surface area contributed by atoms with Crippen LogP contribution < -0.4 is 5.32 Å². The lowest BCUT2D eigenvalue weighted by Gasteiger charge is -2.01. The van der Waals surface area contributed by atoms with E-state index < -0.39 is 0 Å². The first kappa shape index (κ1) is 10.1. The first-order valence-electron chi connectivity index (χ1n) is 3.49. The van der Waals surface area contributed by atoms with Crippen molar-refractivity contribution in [1.29, 1.82) is 0 Å². The number of fused-ring (bicyclic) bond motifs is 1. The van der Waals surface area contributed by atoms with Crippen molar-refractivity contribution in [3.05, 3.63) is 27.1 Å². The summed E-state index contributed by atoms with van der Waals surface area (Å²) >= 11 is 2.15. The summed E-state index contributed by atoms with van der Waals surface area (Å²) in [5.74, 6) is -0.128. The zero-order chi connectivity index (χ0) is 7.84. The van der Waals surface area contributed by atoms with E-state index in [1.54, 1.807) is 12.1 Å². The number of hydrogen-bond donors (Lipinski definition) is 1. The van der Waals surface area contributed by atoms with Gasteiger partial charge in [0.15, 0.2) is 0 Å². The van der Waals surface area contributed by atoms with E-state index in [2.05, 4.69) is 27.9 Å². The number of halogens is 3. The quantitative estimate of drug-likeness (QED) is 0.727. The molecule has 1 aromatic rings. The molecule has 0 atom stereocenters. The first-order chi connectivity index (χ1) is 5.27. The van der Waals surface area contributed by atoms with Gasteiger partial charge in [0.05, 0.1) is 5.69 Å². The Morgan fingerprint density at radius 3 is 2.92 bits per heavy atom. The first-order valence-corrected chi connectivity index (χ1v) is 4.57. The van der Waals surface area contributed by atoms with Gasteiger partial charge in [-0.2, -0.15) is 0 Å². The molecule has 1 aliphatic heterocycles. The Labute approximate surface area is 90.3 Å². The molecular formula is C8H8ClFIN. The van der Waals surface area contributed by atoms with Crippen molar-refractivity contribution in [2.24, 2.45) is 0 Å². The molecule has 0 amide bonds. The fourth-order valence-electron chi connectivity index (χ4n) is 1.34. The SMILES string of the molecule is Cl.Fc1cc(I)c2c(c1)CCN2. The summed E-state index contributed by atoms with van der Waals surface area (Å²) in [6.45, 7) is 0.939. The predicted octanol–water partition coefficient (Wildman–Crippen LogP) is 2.82. The molecule has 0 unspecified atom stereocenters. The second-order valence-corrected chi connectivity index (χ2v) is 3.76. The maximum absolute atomic E-state index is 12.8. The molecule has 1 heterocycles. The molecular weight excluding hydrogens is 291 g/mol. The number of benzene rings is 1. The van der Waals surface area contributed by atoms with Gasteiger partial charge in [0.1, 0.15) is 5.82 Å². The lowest BCUT2D eigenvalue weighted by molar-refractivity contribution is 0.625. The van der Waals surface area contributed by atoms with E-state index in [4.69, 9.17) is 0 Å². The van der Waals surface area contributed by atoms with Crippen LogP contribution >= 0.6 is 35.0 Å². The van der Waals surface area contributed by atoms with Gasteiger partial charge in [-0.1, -0.05) is 0 Å². The largest absolute Gasteiger partial charge is 0.384 e. The van der Waals surface area contributed by atoms with Crippen LogP contribution in [-0.2, 0) is 6.42 Å². The topological polar surface area (TPSA) is 12.0 Å². The highest BCUT2D eigenvalue weighted by Crippen LogP contribution is 2.28. The summed E-state index contributed by atoms with van der Waals surface area (Å²) in [5.41, 5.74) is 2.22. The van der Waals surface area contributed by atoms with Gasteiger partial charge in [0.2, 0.25) is 0 Å². The second kappa shape index (κ2) is 3.79. The van der Waals surface area contributed by atoms with Gasteiger partial charge in [-0.15, -0.1) is 12.4 Å². The van der Waals surface area contributed by atoms with Gasteiger partial charge in [-0.05, 0) is 46.7 Å². The number of nitrogens with one attached hydrogen (secondary N) is 1. The third-order valence-corrected chi connectivity index (χ3v) is 2.68. The molecule has 0 radical (unpaired) electrons. The molecule has 2 rings (SSSR count). The molecule has 66 valence electrons. The van der Waals surface area contributed by atoms with Crippen LogP contribution in [0.25, 0.3) is 0 Å². The van der Waals surface area contributed by atoms with Crippen molar-refractivity contribution in [2.45, 2.75) is 6.42 Å². The van der Waals surface area contributed by atoms with Crippen molar-refractivity contribution < 1.29 is 4.39 Å². The minimum atomic E-state index is -0.128. The van der Waals surface area contributed by atoms with E-state index in [1.165, 1.54) is 0 Å². The van der Waals surface area contributed by atoms with E-state index in [-0.39, 0.29) is 18.2 Å². The molecule has 1 aromatic carbocycles. The van der Waals surface area contributed by atoms with Gasteiger partial charge < -0.3 is 5.32 Å². The van der Waals surface area contributed by atoms with Crippen molar-refractivity contribution in [2.75, 3.05) is 11.9 Å². The average Bonchev–Trinajstić information content (AvgIpc) is 2.34. The molecule has 0 saturated carbocycles. The summed E-state index contributed by atoms with van der Waals surface area (Å²) in [7, 11) is 0. The molecule has 0 fully saturated rings. The van der Waals surface area contributed by atoms with Crippen LogP contribution in [-0.4, -0.2) is 6.54 Å². The fraction of sp³-hybridized carbons (Fsp3) is 0.250. The zero-order valence-corrected chi connectivity index (χ0v) is 9.21. The summed E-state index contributed by atoms with van der Waals surface area (Å²) in [6, 6.07) is 3.16. The standard InChI is InChI=1S/C8H7FIN.ClH/c9-6-3-5-1-2-11-8(5)7(10)4-6;/h3-4,11H,1-2H2;1H. The molecule has 0 aromatic heterocycles. The maximum atomic E-state index is 12.8. The molecule has 1 aliphatic rings. The highest BCUT2D eigenvalue weighted by molar-refractivity contribution is 14.1. The Balaban J connectivity index is 0.000000720. The third kappa shape index (κ3) is 1.66. The van der Waals surface area contributed by atoms with Gasteiger partial charge in [0.25, 0.3) is 0 Å². The van der Waals surface area contributed by atoms with Crippen LogP contribution in [0.2, 0.25) is 0 Å². The van der Waals surface area contributed by atoms with Crippen LogP contribution in [0.4, 0.5) is 10.1 Å². The molecule has 0 bridgehead atoms. The lowest BCUT2D eigenvalue weighted by Crippen LogP contribution is -1.92. The monoisotopic (exact) mass is 299 g/mol. The summed E-state index contributed by atoms with van der Waals surface area (Å²) in [6.07, 6.45) is 0.948. The van der Waals surface area contributed by atoms with Gasteiger partial charge >= 0.3 is 0 Å². The summed E-state index contributed by atoms with van der Waals surface area (Å²) in [4.78, 5) is 0. The molecule has 0 spiro atoms. The van der Waals surface area contributed by atoms with Crippen LogP contribution in [0.15, 0.2) is 12.1 Å². The lowest BCUT2D eigenvalue weighted by atomic mass is 10.2. The average molecular weight is 300 g/mol. The molecule has 0 saturated heterocycles. The summed E-state index contributed by atoms with van der Waals surface area (Å²) < 4.78 is 13.8. The van der Waals surface area contributed by atoms with Crippen molar-refractivity contribution in [1.82, 2.24) is 0 Å². The molecule has 12 heavy (non-hydrogen) atoms. The second-order valence-electron chi connectivity index (χ2n) is 2.60. The Bertz CT molecular complexity index is 303. The van der Waals surface area contributed by atoms with Crippen LogP contribution in [0.1, 0.15) is 5.56 Å². The van der Waals surface area contributed by atoms with E-state index >= 15 is 0 Å². The molecule has 4 heteroatoms. The highest BCUT2D eigenvalue weighted by Gasteiger charge is 2.13. The Morgan fingerprint density at radius 2 is 2.17 bits per heavy atom. The van der Waals surface area contributed by atoms with Crippen LogP contribution in [0.5, 0.6) is 0 Å². The minimum Gasteiger partial charge on any atom is -0.384 e.